The quantitative estimate of drug-likeness (QED) is 0.616. The molecule has 6 heteroatoms. The number of hydrogen-bond acceptors (Lipinski definition) is 6. The lowest BCUT2D eigenvalue weighted by molar-refractivity contribution is 0.243. The van der Waals surface area contributed by atoms with Crippen LogP contribution in [0.5, 0.6) is 0 Å². The maximum atomic E-state index is 4.41. The molecule has 0 fully saturated rings. The summed E-state index contributed by atoms with van der Waals surface area (Å²) in [5.74, 6) is 0. The Balaban J connectivity index is 0.000000127. The Labute approximate surface area is 73.2 Å². The molecule has 0 spiro atoms. The summed E-state index contributed by atoms with van der Waals surface area (Å²) in [7, 11) is 0. The third kappa shape index (κ3) is 4.29. The third-order valence-corrected chi connectivity index (χ3v) is 1.21. The Morgan fingerprint density at radius 1 is 1.25 bits per heavy atom. The largest absolute Gasteiger partial charge is 0.347 e. The van der Waals surface area contributed by atoms with Crippen molar-refractivity contribution in [3.63, 3.8) is 0 Å². The highest BCUT2D eigenvalue weighted by molar-refractivity contribution is 7.03. The second kappa shape index (κ2) is 6.17. The van der Waals surface area contributed by atoms with Gasteiger partial charge in [-0.05, 0) is 23.7 Å². The van der Waals surface area contributed by atoms with Crippen LogP contribution >= 0.6 is 11.5 Å². The van der Waals surface area contributed by atoms with Gasteiger partial charge in [-0.15, -0.1) is 10.2 Å². The van der Waals surface area contributed by atoms with Gasteiger partial charge in [-0.25, -0.2) is 0 Å². The molecule has 0 saturated heterocycles. The normalized spacial score (nSPS) is 12.7. The standard InChI is InChI=1S/C4H4N2O.C2H2N2S/c1-2-4-7-6-5-3-1;1-2-5-4-3-1/h1-4H;1-2H. The van der Waals surface area contributed by atoms with E-state index in [2.05, 4.69) is 24.8 Å². The molecule has 2 rings (SSSR count). The van der Waals surface area contributed by atoms with E-state index < -0.39 is 0 Å². The summed E-state index contributed by atoms with van der Waals surface area (Å²) >= 11 is 1.35. The van der Waals surface area contributed by atoms with Crippen LogP contribution in [-0.4, -0.2) is 9.59 Å². The number of hydrogen-bond donors (Lipinski definition) is 0. The second-order valence-electron chi connectivity index (χ2n) is 1.56. The summed E-state index contributed by atoms with van der Waals surface area (Å²) in [6, 6.07) is 0. The minimum atomic E-state index is 1.35. The Bertz CT molecular complexity index is 236. The average molecular weight is 182 g/mol. The first kappa shape index (κ1) is 8.54. The minimum Gasteiger partial charge on any atom is -0.347 e. The molecule has 62 valence electrons. The van der Waals surface area contributed by atoms with Crippen LogP contribution in [0.4, 0.5) is 0 Å². The predicted octanol–water partition coefficient (Wildman–Crippen LogP) is 1.95. The summed E-state index contributed by atoms with van der Waals surface area (Å²) in [4.78, 5) is 4.41. The van der Waals surface area contributed by atoms with E-state index in [1.54, 1.807) is 24.5 Å². The van der Waals surface area contributed by atoms with Crippen LogP contribution in [0, 0.1) is 0 Å². The molecule has 12 heavy (non-hydrogen) atoms. The van der Waals surface area contributed by atoms with Gasteiger partial charge in [-0.3, -0.25) is 0 Å². The van der Waals surface area contributed by atoms with Gasteiger partial charge in [-0.1, -0.05) is 4.49 Å². The number of rotatable bonds is 0. The summed E-state index contributed by atoms with van der Waals surface area (Å²) in [5, 5.41) is 12.0. The molecular formula is C6H6N4OS. The van der Waals surface area contributed by atoms with Crippen molar-refractivity contribution in [2.75, 3.05) is 0 Å². The topological polar surface area (TPSA) is 59.7 Å². The van der Waals surface area contributed by atoms with E-state index in [0.29, 0.717) is 0 Å². The van der Waals surface area contributed by atoms with Gasteiger partial charge in [0.15, 0.2) is 0 Å². The first-order valence-electron chi connectivity index (χ1n) is 3.09. The van der Waals surface area contributed by atoms with E-state index in [1.807, 2.05) is 5.38 Å². The number of nitrogens with zero attached hydrogens (tertiary/aromatic N) is 4. The smallest absolute Gasteiger partial charge is 0.124 e. The van der Waals surface area contributed by atoms with Crippen molar-refractivity contribution in [2.45, 2.75) is 0 Å². The van der Waals surface area contributed by atoms with Crippen molar-refractivity contribution < 1.29 is 4.84 Å². The fourth-order valence-electron chi connectivity index (χ4n) is 0.386. The van der Waals surface area contributed by atoms with Crippen molar-refractivity contribution in [3.8, 4) is 0 Å². The monoisotopic (exact) mass is 182 g/mol. The summed E-state index contributed by atoms with van der Waals surface area (Å²) in [5.41, 5.74) is 0. The highest BCUT2D eigenvalue weighted by Crippen LogP contribution is 1.89. The molecule has 0 aliphatic carbocycles. The highest BCUT2D eigenvalue weighted by Gasteiger charge is 1.71. The molecular weight excluding hydrogens is 176 g/mol. The van der Waals surface area contributed by atoms with E-state index in [-0.39, 0.29) is 0 Å². The molecule has 5 nitrogen and oxygen atoms in total. The van der Waals surface area contributed by atoms with Crippen LogP contribution < -0.4 is 0 Å². The molecule has 1 aromatic heterocycles. The number of aromatic nitrogens is 2. The SMILES string of the molecule is C1=CN=NOC=C1.c1csnn1. The Kier molecular flexibility index (Phi) is 4.39. The molecule has 0 amide bonds. The van der Waals surface area contributed by atoms with E-state index in [4.69, 9.17) is 0 Å². The Morgan fingerprint density at radius 3 is 2.92 bits per heavy atom. The lowest BCUT2D eigenvalue weighted by Gasteiger charge is -1.75. The molecule has 0 radical (unpaired) electrons. The van der Waals surface area contributed by atoms with E-state index in [1.165, 1.54) is 17.8 Å². The van der Waals surface area contributed by atoms with E-state index in [0.717, 1.165) is 0 Å². The van der Waals surface area contributed by atoms with Crippen LogP contribution in [-0.2, 0) is 4.84 Å². The average Bonchev–Trinajstić information content (AvgIpc) is 2.54. The van der Waals surface area contributed by atoms with Crippen LogP contribution in [0.25, 0.3) is 0 Å². The molecule has 1 aliphatic heterocycles. The van der Waals surface area contributed by atoms with Crippen molar-refractivity contribution in [1.29, 1.82) is 0 Å². The van der Waals surface area contributed by atoms with Crippen molar-refractivity contribution >= 4 is 11.5 Å². The summed E-state index contributed by atoms with van der Waals surface area (Å²) < 4.78 is 3.51. The van der Waals surface area contributed by atoms with Crippen LogP contribution in [0.1, 0.15) is 0 Å². The number of allylic oxidation sites excluding steroid dienone is 2. The zero-order valence-corrected chi connectivity index (χ0v) is 6.89. The van der Waals surface area contributed by atoms with Crippen molar-refractivity contribution in [1.82, 2.24) is 9.59 Å². The maximum absolute atomic E-state index is 4.41. The highest BCUT2D eigenvalue weighted by atomic mass is 32.1. The second-order valence-corrected chi connectivity index (χ2v) is 2.21. The molecule has 0 atom stereocenters. The van der Waals surface area contributed by atoms with Crippen molar-refractivity contribution in [2.24, 2.45) is 10.4 Å². The lowest BCUT2D eigenvalue weighted by atomic mass is 10.6. The third-order valence-electron chi connectivity index (χ3n) is 0.780. The van der Waals surface area contributed by atoms with Gasteiger partial charge >= 0.3 is 0 Å². The minimum absolute atomic E-state index is 1.35. The van der Waals surface area contributed by atoms with Gasteiger partial charge in [-0.2, -0.15) is 0 Å². The molecule has 0 saturated carbocycles. The molecule has 0 bridgehead atoms. The fourth-order valence-corrected chi connectivity index (χ4v) is 0.659. The first-order valence-corrected chi connectivity index (χ1v) is 3.92. The molecule has 0 unspecified atom stereocenters. The van der Waals surface area contributed by atoms with E-state index >= 15 is 0 Å². The van der Waals surface area contributed by atoms with Crippen LogP contribution in [0.15, 0.2) is 46.6 Å². The van der Waals surface area contributed by atoms with Gasteiger partial charge in [0, 0.05) is 10.7 Å². The molecule has 1 aromatic rings. The van der Waals surface area contributed by atoms with Gasteiger partial charge in [0.05, 0.1) is 12.4 Å². The molecule has 2 heterocycles. The zero-order valence-electron chi connectivity index (χ0n) is 6.07. The van der Waals surface area contributed by atoms with Crippen LogP contribution in [0.2, 0.25) is 0 Å². The predicted molar refractivity (Wildman–Crippen MR) is 44.1 cm³/mol. The van der Waals surface area contributed by atoms with Crippen LogP contribution in [0.3, 0.4) is 0 Å². The summed E-state index contributed by atoms with van der Waals surface area (Å²) in [6.07, 6.45) is 8.09. The molecule has 1 aliphatic rings. The van der Waals surface area contributed by atoms with E-state index in [9.17, 15) is 0 Å². The van der Waals surface area contributed by atoms with Gasteiger partial charge in [0.1, 0.15) is 6.26 Å². The maximum Gasteiger partial charge on any atom is 0.124 e. The fraction of sp³-hybridized carbons (Fsp3) is 0. The van der Waals surface area contributed by atoms with Gasteiger partial charge in [0.2, 0.25) is 0 Å². The Hall–Kier alpha value is -1.56. The van der Waals surface area contributed by atoms with Crippen molar-refractivity contribution in [3.05, 3.63) is 36.2 Å². The summed E-state index contributed by atoms with van der Waals surface area (Å²) in [6.45, 7) is 0. The first-order chi connectivity index (χ1) is 6.00. The lowest BCUT2D eigenvalue weighted by Crippen LogP contribution is -1.56. The zero-order chi connectivity index (χ0) is 8.49. The van der Waals surface area contributed by atoms with Gasteiger partial charge < -0.3 is 4.84 Å². The molecule has 0 N–H and O–H groups in total. The molecule has 0 aromatic carbocycles. The Morgan fingerprint density at radius 2 is 2.25 bits per heavy atom. The van der Waals surface area contributed by atoms with Gasteiger partial charge in [0.25, 0.3) is 0 Å².